The Balaban J connectivity index is 2.02. The van der Waals surface area contributed by atoms with Crippen LogP contribution in [0.4, 0.5) is 0 Å². The quantitative estimate of drug-likeness (QED) is 0.481. The first-order chi connectivity index (χ1) is 6.31. The highest BCUT2D eigenvalue weighted by atomic mass is 16.5. The Kier molecular flexibility index (Phi) is 2.38. The SMILES string of the molecule is CCOC(=O)[C@H]1C[C@H]2C=C[C@@H]1CC2. The maximum atomic E-state index is 11.5. The number of rotatable bonds is 2. The van der Waals surface area contributed by atoms with Crippen LogP contribution in [0.2, 0.25) is 0 Å². The van der Waals surface area contributed by atoms with Crippen LogP contribution in [-0.4, -0.2) is 12.6 Å². The molecule has 0 saturated heterocycles. The van der Waals surface area contributed by atoms with E-state index in [2.05, 4.69) is 12.2 Å². The maximum absolute atomic E-state index is 11.5. The van der Waals surface area contributed by atoms with Crippen LogP contribution in [0.15, 0.2) is 12.2 Å². The molecule has 1 saturated carbocycles. The molecule has 3 atom stereocenters. The fraction of sp³-hybridized carbons (Fsp3) is 0.727. The average Bonchev–Trinajstić information content (AvgIpc) is 2.20. The van der Waals surface area contributed by atoms with Gasteiger partial charge in [0.15, 0.2) is 0 Å². The van der Waals surface area contributed by atoms with E-state index in [1.165, 1.54) is 12.8 Å². The zero-order chi connectivity index (χ0) is 9.26. The molecule has 0 N–H and O–H groups in total. The Hall–Kier alpha value is -0.790. The number of carbonyl (C=O) groups is 1. The Morgan fingerprint density at radius 2 is 2.31 bits per heavy atom. The Bertz CT molecular complexity index is 232. The van der Waals surface area contributed by atoms with Gasteiger partial charge in [0, 0.05) is 0 Å². The van der Waals surface area contributed by atoms with Crippen molar-refractivity contribution in [1.82, 2.24) is 0 Å². The molecule has 0 spiro atoms. The minimum atomic E-state index is 0.0153. The number of hydrogen-bond donors (Lipinski definition) is 0. The minimum Gasteiger partial charge on any atom is -0.466 e. The molecule has 0 unspecified atom stereocenters. The second kappa shape index (κ2) is 3.52. The van der Waals surface area contributed by atoms with E-state index in [9.17, 15) is 4.79 Å². The number of hydrogen-bond acceptors (Lipinski definition) is 2. The predicted molar refractivity (Wildman–Crippen MR) is 50.1 cm³/mol. The first-order valence-corrected chi connectivity index (χ1v) is 5.16. The summed E-state index contributed by atoms with van der Waals surface area (Å²) >= 11 is 0. The van der Waals surface area contributed by atoms with E-state index in [0.29, 0.717) is 18.4 Å². The monoisotopic (exact) mass is 180 g/mol. The molecule has 3 aliphatic rings. The molecule has 0 aliphatic heterocycles. The highest BCUT2D eigenvalue weighted by Crippen LogP contribution is 2.40. The summed E-state index contributed by atoms with van der Waals surface area (Å²) in [5.74, 6) is 1.27. The van der Waals surface area contributed by atoms with Gasteiger partial charge in [0.2, 0.25) is 0 Å². The van der Waals surface area contributed by atoms with Gasteiger partial charge in [-0.25, -0.2) is 0 Å². The molecule has 3 rings (SSSR count). The Morgan fingerprint density at radius 1 is 1.46 bits per heavy atom. The molecular formula is C11H16O2. The molecule has 0 aromatic carbocycles. The Labute approximate surface area is 79.0 Å². The van der Waals surface area contributed by atoms with Gasteiger partial charge in [-0.05, 0) is 38.0 Å². The second-order valence-electron chi connectivity index (χ2n) is 3.98. The molecule has 2 bridgehead atoms. The van der Waals surface area contributed by atoms with Crippen LogP contribution >= 0.6 is 0 Å². The van der Waals surface area contributed by atoms with Gasteiger partial charge in [0.1, 0.15) is 0 Å². The van der Waals surface area contributed by atoms with Crippen molar-refractivity contribution in [3.05, 3.63) is 12.2 Å². The predicted octanol–water partition coefficient (Wildman–Crippen LogP) is 2.15. The van der Waals surface area contributed by atoms with E-state index in [1.807, 2.05) is 6.92 Å². The van der Waals surface area contributed by atoms with E-state index < -0.39 is 0 Å². The van der Waals surface area contributed by atoms with Crippen LogP contribution in [-0.2, 0) is 9.53 Å². The third-order valence-corrected chi connectivity index (χ3v) is 3.16. The van der Waals surface area contributed by atoms with Crippen molar-refractivity contribution in [2.24, 2.45) is 17.8 Å². The van der Waals surface area contributed by atoms with E-state index in [1.54, 1.807) is 0 Å². The van der Waals surface area contributed by atoms with E-state index in [-0.39, 0.29) is 11.9 Å². The van der Waals surface area contributed by atoms with Crippen LogP contribution in [0.5, 0.6) is 0 Å². The summed E-state index contributed by atoms with van der Waals surface area (Å²) < 4.78 is 5.06. The molecule has 0 aromatic heterocycles. The van der Waals surface area contributed by atoms with Gasteiger partial charge < -0.3 is 4.74 Å². The number of allylic oxidation sites excluding steroid dienone is 2. The lowest BCUT2D eigenvalue weighted by atomic mass is 9.69. The van der Waals surface area contributed by atoms with Gasteiger partial charge in [0.25, 0.3) is 0 Å². The number of ether oxygens (including phenoxy) is 1. The van der Waals surface area contributed by atoms with E-state index in [4.69, 9.17) is 4.74 Å². The molecule has 3 aliphatic carbocycles. The average molecular weight is 180 g/mol. The molecule has 13 heavy (non-hydrogen) atoms. The number of carbonyl (C=O) groups excluding carboxylic acids is 1. The molecule has 0 aromatic rings. The summed E-state index contributed by atoms with van der Waals surface area (Å²) in [4.78, 5) is 11.5. The van der Waals surface area contributed by atoms with Gasteiger partial charge >= 0.3 is 5.97 Å². The molecule has 0 amide bonds. The normalized spacial score (nSPS) is 36.2. The van der Waals surface area contributed by atoms with E-state index >= 15 is 0 Å². The second-order valence-corrected chi connectivity index (χ2v) is 3.98. The van der Waals surface area contributed by atoms with Crippen molar-refractivity contribution in [3.63, 3.8) is 0 Å². The molecule has 0 radical (unpaired) electrons. The van der Waals surface area contributed by atoms with Crippen LogP contribution < -0.4 is 0 Å². The summed E-state index contributed by atoms with van der Waals surface area (Å²) in [6.07, 6.45) is 7.92. The molecular weight excluding hydrogens is 164 g/mol. The van der Waals surface area contributed by atoms with Crippen molar-refractivity contribution in [1.29, 1.82) is 0 Å². The first-order valence-electron chi connectivity index (χ1n) is 5.16. The molecule has 72 valence electrons. The molecule has 0 heterocycles. The van der Waals surface area contributed by atoms with Crippen LogP contribution in [0.25, 0.3) is 0 Å². The summed E-state index contributed by atoms with van der Waals surface area (Å²) in [6, 6.07) is 0. The first kappa shape index (κ1) is 8.79. The maximum Gasteiger partial charge on any atom is 0.309 e. The fourth-order valence-corrected chi connectivity index (χ4v) is 2.45. The van der Waals surface area contributed by atoms with Gasteiger partial charge in [0.05, 0.1) is 12.5 Å². The zero-order valence-electron chi connectivity index (χ0n) is 8.03. The number of fused-ring (bicyclic) bond motifs is 2. The lowest BCUT2D eigenvalue weighted by Gasteiger charge is -2.36. The van der Waals surface area contributed by atoms with Crippen molar-refractivity contribution in [2.75, 3.05) is 6.61 Å². The largest absolute Gasteiger partial charge is 0.466 e. The van der Waals surface area contributed by atoms with Crippen molar-refractivity contribution in [3.8, 4) is 0 Å². The smallest absolute Gasteiger partial charge is 0.309 e. The van der Waals surface area contributed by atoms with Gasteiger partial charge in [-0.3, -0.25) is 4.79 Å². The summed E-state index contributed by atoms with van der Waals surface area (Å²) in [7, 11) is 0. The van der Waals surface area contributed by atoms with Crippen LogP contribution in [0.1, 0.15) is 26.2 Å². The van der Waals surface area contributed by atoms with Crippen molar-refractivity contribution in [2.45, 2.75) is 26.2 Å². The lowest BCUT2D eigenvalue weighted by Crippen LogP contribution is -2.33. The minimum absolute atomic E-state index is 0.0153. The fourth-order valence-electron chi connectivity index (χ4n) is 2.45. The van der Waals surface area contributed by atoms with Crippen molar-refractivity contribution >= 4 is 5.97 Å². The Morgan fingerprint density at radius 3 is 2.77 bits per heavy atom. The van der Waals surface area contributed by atoms with Crippen LogP contribution in [0.3, 0.4) is 0 Å². The molecule has 2 heteroatoms. The van der Waals surface area contributed by atoms with Crippen molar-refractivity contribution < 1.29 is 9.53 Å². The summed E-state index contributed by atoms with van der Waals surface area (Å²) in [6.45, 7) is 2.38. The topological polar surface area (TPSA) is 26.3 Å². The summed E-state index contributed by atoms with van der Waals surface area (Å²) in [5.41, 5.74) is 0. The highest BCUT2D eigenvalue weighted by molar-refractivity contribution is 5.73. The van der Waals surface area contributed by atoms with Crippen LogP contribution in [0, 0.1) is 17.8 Å². The van der Waals surface area contributed by atoms with Gasteiger partial charge in [-0.2, -0.15) is 0 Å². The number of esters is 1. The van der Waals surface area contributed by atoms with E-state index in [0.717, 1.165) is 6.42 Å². The van der Waals surface area contributed by atoms with Gasteiger partial charge in [-0.1, -0.05) is 12.2 Å². The third kappa shape index (κ3) is 1.62. The van der Waals surface area contributed by atoms with Gasteiger partial charge in [-0.15, -0.1) is 0 Å². The summed E-state index contributed by atoms with van der Waals surface area (Å²) in [5, 5.41) is 0. The third-order valence-electron chi connectivity index (χ3n) is 3.16. The lowest BCUT2D eigenvalue weighted by molar-refractivity contribution is -0.151. The highest BCUT2D eigenvalue weighted by Gasteiger charge is 2.36. The molecule has 1 fully saturated rings. The molecule has 2 nitrogen and oxygen atoms in total. The zero-order valence-corrected chi connectivity index (χ0v) is 8.03. The standard InChI is InChI=1S/C11H16O2/c1-2-13-11(12)10-7-8-3-5-9(10)6-4-8/h3,5,8-10H,2,4,6-7H2,1H3/t8-,9+,10-/m0/s1.